The molecule has 2 nitrogen and oxygen atoms in total. The fourth-order valence-corrected chi connectivity index (χ4v) is 2.94. The lowest BCUT2D eigenvalue weighted by molar-refractivity contribution is -0.0885. The molecule has 1 aliphatic rings. The van der Waals surface area contributed by atoms with Crippen LogP contribution in [0, 0.1) is 12.7 Å². The summed E-state index contributed by atoms with van der Waals surface area (Å²) in [5, 5.41) is 3.29. The van der Waals surface area contributed by atoms with E-state index in [9.17, 15) is 4.39 Å². The van der Waals surface area contributed by atoms with Gasteiger partial charge in [-0.05, 0) is 63.4 Å². The Morgan fingerprint density at radius 3 is 2.67 bits per heavy atom. The molecule has 2 atom stereocenters. The zero-order valence-electron chi connectivity index (χ0n) is 11.4. The Morgan fingerprint density at radius 2 is 2.11 bits per heavy atom. The third-order valence-electron chi connectivity index (χ3n) is 3.80. The van der Waals surface area contributed by atoms with Crippen LogP contribution < -0.4 is 5.32 Å². The second-order valence-electron chi connectivity index (χ2n) is 5.40. The normalized spacial score (nSPS) is 26.0. The minimum atomic E-state index is -0.243. The fraction of sp³-hybridized carbons (Fsp3) is 0.600. The predicted octanol–water partition coefficient (Wildman–Crippen LogP) is 3.35. The van der Waals surface area contributed by atoms with Gasteiger partial charge in [-0.2, -0.15) is 0 Å². The average molecular weight is 251 g/mol. The molecular formula is C15H22FNO. The van der Waals surface area contributed by atoms with Crippen molar-refractivity contribution in [3.63, 3.8) is 0 Å². The number of halogens is 1. The summed E-state index contributed by atoms with van der Waals surface area (Å²) in [5.74, 6) is -0.176. The van der Waals surface area contributed by atoms with Gasteiger partial charge in [-0.3, -0.25) is 0 Å². The topological polar surface area (TPSA) is 21.3 Å². The maximum Gasteiger partial charge on any atom is 0.123 e. The molecule has 1 heterocycles. The second kappa shape index (κ2) is 5.37. The molecule has 0 aliphatic carbocycles. The van der Waals surface area contributed by atoms with E-state index in [2.05, 4.69) is 12.2 Å². The highest BCUT2D eigenvalue weighted by molar-refractivity contribution is 5.28. The standard InChI is InChI=1S/C15H22FNO/c1-11-8-12(10-13(16)9-11)14(17-3)15(2)6-4-5-7-18-15/h8-10,14,17H,4-7H2,1-3H3. The number of ether oxygens (including phenoxy) is 1. The average Bonchev–Trinajstić information content (AvgIpc) is 2.29. The number of aryl methyl sites for hydroxylation is 1. The molecule has 1 aromatic carbocycles. The lowest BCUT2D eigenvalue weighted by atomic mass is 9.84. The maximum absolute atomic E-state index is 13.5. The minimum Gasteiger partial charge on any atom is -0.373 e. The Balaban J connectivity index is 2.31. The van der Waals surface area contributed by atoms with Crippen LogP contribution in [0.4, 0.5) is 4.39 Å². The Kier molecular flexibility index (Phi) is 4.03. The van der Waals surface area contributed by atoms with Gasteiger partial charge in [0.25, 0.3) is 0 Å². The number of nitrogens with one attached hydrogen (secondary N) is 1. The van der Waals surface area contributed by atoms with Crippen molar-refractivity contribution in [1.29, 1.82) is 0 Å². The zero-order valence-corrected chi connectivity index (χ0v) is 11.4. The van der Waals surface area contributed by atoms with Gasteiger partial charge in [0, 0.05) is 6.61 Å². The second-order valence-corrected chi connectivity index (χ2v) is 5.40. The molecule has 0 amide bonds. The van der Waals surface area contributed by atoms with Crippen LogP contribution in [-0.4, -0.2) is 19.3 Å². The van der Waals surface area contributed by atoms with E-state index >= 15 is 0 Å². The van der Waals surface area contributed by atoms with E-state index in [1.165, 1.54) is 6.42 Å². The highest BCUT2D eigenvalue weighted by Crippen LogP contribution is 2.36. The molecule has 0 saturated carbocycles. The van der Waals surface area contributed by atoms with Gasteiger partial charge in [-0.15, -0.1) is 0 Å². The zero-order chi connectivity index (χ0) is 13.2. The molecular weight excluding hydrogens is 229 g/mol. The van der Waals surface area contributed by atoms with Crippen molar-refractivity contribution in [1.82, 2.24) is 5.32 Å². The van der Waals surface area contributed by atoms with Crippen molar-refractivity contribution < 1.29 is 9.13 Å². The summed E-state index contributed by atoms with van der Waals surface area (Å²) in [6.45, 7) is 4.83. The molecule has 2 unspecified atom stereocenters. The van der Waals surface area contributed by atoms with Crippen molar-refractivity contribution >= 4 is 0 Å². The molecule has 18 heavy (non-hydrogen) atoms. The molecule has 0 radical (unpaired) electrons. The number of hydrogen-bond donors (Lipinski definition) is 1. The van der Waals surface area contributed by atoms with Crippen LogP contribution in [0.1, 0.15) is 43.4 Å². The summed E-state index contributed by atoms with van der Waals surface area (Å²) >= 11 is 0. The molecule has 0 bridgehead atoms. The first-order chi connectivity index (χ1) is 8.55. The fourth-order valence-electron chi connectivity index (χ4n) is 2.94. The molecule has 1 aromatic rings. The molecule has 2 rings (SSSR count). The third kappa shape index (κ3) is 2.73. The number of rotatable bonds is 3. The van der Waals surface area contributed by atoms with Gasteiger partial charge in [0.2, 0.25) is 0 Å². The van der Waals surface area contributed by atoms with Crippen molar-refractivity contribution in [2.24, 2.45) is 0 Å². The Morgan fingerprint density at radius 1 is 1.33 bits per heavy atom. The Labute approximate surface area is 109 Å². The predicted molar refractivity (Wildman–Crippen MR) is 71.1 cm³/mol. The Hall–Kier alpha value is -0.930. The highest BCUT2D eigenvalue weighted by atomic mass is 19.1. The van der Waals surface area contributed by atoms with E-state index in [4.69, 9.17) is 4.74 Å². The number of benzene rings is 1. The molecule has 100 valence electrons. The van der Waals surface area contributed by atoms with Crippen LogP contribution in [0.15, 0.2) is 18.2 Å². The van der Waals surface area contributed by atoms with Crippen LogP contribution >= 0.6 is 0 Å². The molecule has 1 N–H and O–H groups in total. The van der Waals surface area contributed by atoms with Crippen molar-refractivity contribution in [3.8, 4) is 0 Å². The van der Waals surface area contributed by atoms with Crippen LogP contribution in [0.25, 0.3) is 0 Å². The van der Waals surface area contributed by atoms with Gasteiger partial charge < -0.3 is 10.1 Å². The monoisotopic (exact) mass is 251 g/mol. The first-order valence-corrected chi connectivity index (χ1v) is 6.63. The molecule has 0 aromatic heterocycles. The van der Waals surface area contributed by atoms with E-state index in [1.54, 1.807) is 12.1 Å². The van der Waals surface area contributed by atoms with Gasteiger partial charge in [0.15, 0.2) is 0 Å². The summed E-state index contributed by atoms with van der Waals surface area (Å²) in [6, 6.07) is 5.23. The SMILES string of the molecule is CNC(c1cc(C)cc(F)c1)C1(C)CCCCO1. The van der Waals surface area contributed by atoms with Gasteiger partial charge in [-0.25, -0.2) is 4.39 Å². The summed E-state index contributed by atoms with van der Waals surface area (Å²) in [6.07, 6.45) is 3.30. The van der Waals surface area contributed by atoms with Crippen LogP contribution in [0.5, 0.6) is 0 Å². The Bertz CT molecular complexity index is 393. The van der Waals surface area contributed by atoms with Crippen molar-refractivity contribution in [2.75, 3.05) is 13.7 Å². The van der Waals surface area contributed by atoms with Crippen molar-refractivity contribution in [2.45, 2.75) is 44.8 Å². The molecule has 1 aliphatic heterocycles. The first-order valence-electron chi connectivity index (χ1n) is 6.63. The summed E-state index contributed by atoms with van der Waals surface area (Å²) in [4.78, 5) is 0. The third-order valence-corrected chi connectivity index (χ3v) is 3.80. The maximum atomic E-state index is 13.5. The van der Waals surface area contributed by atoms with Gasteiger partial charge in [0.1, 0.15) is 5.82 Å². The van der Waals surface area contributed by atoms with E-state index in [-0.39, 0.29) is 17.5 Å². The van der Waals surface area contributed by atoms with E-state index in [0.29, 0.717) is 0 Å². The largest absolute Gasteiger partial charge is 0.373 e. The van der Waals surface area contributed by atoms with Gasteiger partial charge in [0.05, 0.1) is 11.6 Å². The molecule has 1 fully saturated rings. The quantitative estimate of drug-likeness (QED) is 0.889. The van der Waals surface area contributed by atoms with E-state index < -0.39 is 0 Å². The highest BCUT2D eigenvalue weighted by Gasteiger charge is 2.37. The first kappa shape index (κ1) is 13.5. The summed E-state index contributed by atoms with van der Waals surface area (Å²) in [5.41, 5.74) is 1.68. The lowest BCUT2D eigenvalue weighted by Gasteiger charge is -2.40. The van der Waals surface area contributed by atoms with Gasteiger partial charge >= 0.3 is 0 Å². The van der Waals surface area contributed by atoms with Crippen molar-refractivity contribution in [3.05, 3.63) is 35.1 Å². The van der Waals surface area contributed by atoms with Crippen LogP contribution in [0.3, 0.4) is 0 Å². The van der Waals surface area contributed by atoms with E-state index in [0.717, 1.165) is 30.6 Å². The van der Waals surface area contributed by atoms with Crippen LogP contribution in [-0.2, 0) is 4.74 Å². The minimum absolute atomic E-state index is 0.0344. The molecule has 0 spiro atoms. The number of hydrogen-bond acceptors (Lipinski definition) is 2. The van der Waals surface area contributed by atoms with E-state index in [1.807, 2.05) is 20.0 Å². The smallest absolute Gasteiger partial charge is 0.123 e. The summed E-state index contributed by atoms with van der Waals surface area (Å²) in [7, 11) is 1.91. The number of likely N-dealkylation sites (N-methyl/N-ethyl adjacent to an activating group) is 1. The summed E-state index contributed by atoms with van der Waals surface area (Å²) < 4.78 is 19.5. The lowest BCUT2D eigenvalue weighted by Crippen LogP contribution is -2.44. The molecule has 1 saturated heterocycles. The van der Waals surface area contributed by atoms with Crippen LogP contribution in [0.2, 0.25) is 0 Å². The van der Waals surface area contributed by atoms with Gasteiger partial charge in [-0.1, -0.05) is 6.07 Å². The molecule has 3 heteroatoms.